The zero-order valence-electron chi connectivity index (χ0n) is 11.4. The molecule has 2 unspecified atom stereocenters. The Balaban J connectivity index is 2.39. The Bertz CT molecular complexity index is 360. The minimum absolute atomic E-state index is 0.0230. The average molecular weight is 295 g/mol. The molecule has 1 fully saturated rings. The molecule has 0 aromatic heterocycles. The normalized spacial score (nSPS) is 23.2. The van der Waals surface area contributed by atoms with Crippen LogP contribution < -0.4 is 11.1 Å². The molecular weight excluding hydrogens is 275 g/mol. The highest BCUT2D eigenvalue weighted by Crippen LogP contribution is 2.24. The van der Waals surface area contributed by atoms with E-state index < -0.39 is 18.6 Å². The first kappa shape index (κ1) is 16.7. The number of rotatable bonds is 4. The van der Waals surface area contributed by atoms with Crippen LogP contribution in [0.3, 0.4) is 0 Å². The van der Waals surface area contributed by atoms with Gasteiger partial charge in [0, 0.05) is 19.0 Å². The van der Waals surface area contributed by atoms with Crippen LogP contribution in [0.1, 0.15) is 25.7 Å². The van der Waals surface area contributed by atoms with E-state index in [-0.39, 0.29) is 24.4 Å². The van der Waals surface area contributed by atoms with Gasteiger partial charge in [0.1, 0.15) is 6.54 Å². The van der Waals surface area contributed by atoms with Crippen LogP contribution in [0.4, 0.5) is 13.2 Å². The summed E-state index contributed by atoms with van der Waals surface area (Å²) in [5.41, 5.74) is 5.78. The summed E-state index contributed by atoms with van der Waals surface area (Å²) in [5, 5.41) is 1.74. The SMILES string of the molecule is CN(CC(=O)NCC(F)(F)F)C(=O)C1CCCC(N)C1. The van der Waals surface area contributed by atoms with E-state index >= 15 is 0 Å². The molecule has 2 atom stereocenters. The monoisotopic (exact) mass is 295 g/mol. The van der Waals surface area contributed by atoms with Crippen LogP contribution in [0, 0.1) is 5.92 Å². The lowest BCUT2D eigenvalue weighted by molar-refractivity contribution is -0.143. The van der Waals surface area contributed by atoms with Crippen molar-refractivity contribution < 1.29 is 22.8 Å². The molecule has 5 nitrogen and oxygen atoms in total. The quantitative estimate of drug-likeness (QED) is 0.799. The topological polar surface area (TPSA) is 75.4 Å². The smallest absolute Gasteiger partial charge is 0.345 e. The van der Waals surface area contributed by atoms with Crippen LogP contribution in [0.2, 0.25) is 0 Å². The van der Waals surface area contributed by atoms with Crippen molar-refractivity contribution in [3.05, 3.63) is 0 Å². The van der Waals surface area contributed by atoms with E-state index in [1.54, 1.807) is 5.32 Å². The van der Waals surface area contributed by atoms with Gasteiger partial charge in [0.2, 0.25) is 11.8 Å². The molecule has 20 heavy (non-hydrogen) atoms. The maximum atomic E-state index is 12.0. The second kappa shape index (κ2) is 6.92. The molecular formula is C12H20F3N3O2. The summed E-state index contributed by atoms with van der Waals surface area (Å²) in [6, 6.07) is -0.0230. The fourth-order valence-electron chi connectivity index (χ4n) is 2.31. The lowest BCUT2D eigenvalue weighted by Gasteiger charge is -2.29. The minimum atomic E-state index is -4.45. The van der Waals surface area contributed by atoms with E-state index in [2.05, 4.69) is 0 Å². The fourth-order valence-corrected chi connectivity index (χ4v) is 2.31. The van der Waals surface area contributed by atoms with Crippen molar-refractivity contribution in [1.82, 2.24) is 10.2 Å². The molecule has 0 aromatic rings. The number of amides is 2. The Morgan fingerprint density at radius 3 is 2.55 bits per heavy atom. The maximum absolute atomic E-state index is 12.0. The molecule has 2 amide bonds. The first-order valence-corrected chi connectivity index (χ1v) is 6.53. The molecule has 0 spiro atoms. The third-order valence-electron chi connectivity index (χ3n) is 3.31. The van der Waals surface area contributed by atoms with Crippen molar-refractivity contribution in [2.75, 3.05) is 20.1 Å². The number of alkyl halides is 3. The second-order valence-electron chi connectivity index (χ2n) is 5.21. The maximum Gasteiger partial charge on any atom is 0.405 e. The number of halogens is 3. The van der Waals surface area contributed by atoms with Crippen molar-refractivity contribution in [3.8, 4) is 0 Å². The van der Waals surface area contributed by atoms with Crippen LogP contribution >= 0.6 is 0 Å². The van der Waals surface area contributed by atoms with Crippen LogP contribution in [-0.4, -0.2) is 49.1 Å². The third-order valence-corrected chi connectivity index (χ3v) is 3.31. The van der Waals surface area contributed by atoms with E-state index in [1.807, 2.05) is 0 Å². The van der Waals surface area contributed by atoms with Gasteiger partial charge in [-0.15, -0.1) is 0 Å². The number of nitrogens with two attached hydrogens (primary N) is 1. The molecule has 116 valence electrons. The molecule has 0 heterocycles. The molecule has 1 aliphatic carbocycles. The molecule has 1 rings (SSSR count). The fraction of sp³-hybridized carbons (Fsp3) is 0.833. The highest BCUT2D eigenvalue weighted by molar-refractivity contribution is 5.85. The Hall–Kier alpha value is -1.31. The average Bonchev–Trinajstić information content (AvgIpc) is 2.34. The number of hydrogen-bond acceptors (Lipinski definition) is 3. The predicted molar refractivity (Wildman–Crippen MR) is 66.6 cm³/mol. The second-order valence-corrected chi connectivity index (χ2v) is 5.21. The van der Waals surface area contributed by atoms with Gasteiger partial charge in [0.05, 0.1) is 6.54 Å². The molecule has 0 saturated heterocycles. The number of likely N-dealkylation sites (N-methyl/N-ethyl adjacent to an activating group) is 1. The summed E-state index contributed by atoms with van der Waals surface area (Å²) in [5.74, 6) is -1.29. The Morgan fingerprint density at radius 1 is 1.35 bits per heavy atom. The molecule has 0 aliphatic heterocycles. The molecule has 1 saturated carbocycles. The van der Waals surface area contributed by atoms with Gasteiger partial charge in [-0.1, -0.05) is 6.42 Å². The summed E-state index contributed by atoms with van der Waals surface area (Å²) in [7, 11) is 1.41. The zero-order valence-corrected chi connectivity index (χ0v) is 11.4. The molecule has 3 N–H and O–H groups in total. The van der Waals surface area contributed by atoms with Crippen molar-refractivity contribution in [3.63, 3.8) is 0 Å². The van der Waals surface area contributed by atoms with E-state index in [1.165, 1.54) is 7.05 Å². The van der Waals surface area contributed by atoms with Gasteiger partial charge in [-0.2, -0.15) is 13.2 Å². The van der Waals surface area contributed by atoms with Crippen molar-refractivity contribution in [1.29, 1.82) is 0 Å². The summed E-state index contributed by atoms with van der Waals surface area (Å²) in [6.07, 6.45) is -1.45. The van der Waals surface area contributed by atoms with E-state index in [0.717, 1.165) is 17.7 Å². The highest BCUT2D eigenvalue weighted by Gasteiger charge is 2.30. The van der Waals surface area contributed by atoms with Crippen LogP contribution in [0.25, 0.3) is 0 Å². The number of nitrogens with zero attached hydrogens (tertiary/aromatic N) is 1. The summed E-state index contributed by atoms with van der Waals surface area (Å²) in [4.78, 5) is 24.5. The lowest BCUT2D eigenvalue weighted by atomic mass is 9.85. The Morgan fingerprint density at radius 2 is 2.00 bits per heavy atom. The standard InChI is InChI=1S/C12H20F3N3O2/c1-18(6-10(19)17-7-12(13,14)15)11(20)8-3-2-4-9(16)5-8/h8-9H,2-7,16H2,1H3,(H,17,19). The van der Waals surface area contributed by atoms with Crippen molar-refractivity contribution in [2.24, 2.45) is 11.7 Å². The van der Waals surface area contributed by atoms with Crippen LogP contribution in [-0.2, 0) is 9.59 Å². The van der Waals surface area contributed by atoms with Crippen LogP contribution in [0.5, 0.6) is 0 Å². The first-order valence-electron chi connectivity index (χ1n) is 6.53. The van der Waals surface area contributed by atoms with E-state index in [4.69, 9.17) is 5.73 Å². The van der Waals surface area contributed by atoms with E-state index in [0.29, 0.717) is 12.8 Å². The summed E-state index contributed by atoms with van der Waals surface area (Å²) >= 11 is 0. The first-order chi connectivity index (χ1) is 9.19. The predicted octanol–water partition coefficient (Wildman–Crippen LogP) is 0.641. The van der Waals surface area contributed by atoms with Gasteiger partial charge in [0.15, 0.2) is 0 Å². The zero-order chi connectivity index (χ0) is 15.3. The van der Waals surface area contributed by atoms with E-state index in [9.17, 15) is 22.8 Å². The van der Waals surface area contributed by atoms with Gasteiger partial charge in [-0.3, -0.25) is 9.59 Å². The molecule has 0 aromatic carbocycles. The van der Waals surface area contributed by atoms with Gasteiger partial charge >= 0.3 is 6.18 Å². The van der Waals surface area contributed by atoms with Gasteiger partial charge in [-0.05, 0) is 19.3 Å². The minimum Gasteiger partial charge on any atom is -0.345 e. The highest BCUT2D eigenvalue weighted by atomic mass is 19.4. The van der Waals surface area contributed by atoms with Gasteiger partial charge < -0.3 is 16.0 Å². The number of nitrogens with one attached hydrogen (secondary N) is 1. The molecule has 8 heteroatoms. The Labute approximate surface area is 115 Å². The van der Waals surface area contributed by atoms with Gasteiger partial charge in [-0.25, -0.2) is 0 Å². The molecule has 0 radical (unpaired) electrons. The largest absolute Gasteiger partial charge is 0.405 e. The summed E-state index contributed by atoms with van der Waals surface area (Å²) in [6.45, 7) is -1.76. The van der Waals surface area contributed by atoms with Crippen LogP contribution in [0.15, 0.2) is 0 Å². The number of carbonyl (C=O) groups is 2. The number of hydrogen-bond donors (Lipinski definition) is 2. The Kier molecular flexibility index (Phi) is 5.79. The third kappa shape index (κ3) is 5.77. The molecule has 0 bridgehead atoms. The van der Waals surface area contributed by atoms with Crippen molar-refractivity contribution >= 4 is 11.8 Å². The summed E-state index contributed by atoms with van der Waals surface area (Å²) < 4.78 is 35.8. The number of carbonyl (C=O) groups excluding carboxylic acids is 2. The molecule has 1 aliphatic rings. The van der Waals surface area contributed by atoms with Crippen molar-refractivity contribution in [2.45, 2.75) is 37.9 Å². The van der Waals surface area contributed by atoms with Gasteiger partial charge in [0.25, 0.3) is 0 Å². The lowest BCUT2D eigenvalue weighted by Crippen LogP contribution is -2.44.